The highest BCUT2D eigenvalue weighted by molar-refractivity contribution is 7.99. The predicted molar refractivity (Wildman–Crippen MR) is 58.6 cm³/mol. The topological polar surface area (TPSA) is 50.7 Å². The number of aromatic nitrogens is 3. The Hall–Kier alpha value is -0.710. The van der Waals surface area contributed by atoms with Gasteiger partial charge in [-0.2, -0.15) is 0 Å². The molecule has 0 aliphatic carbocycles. The molecule has 0 aliphatic rings. The van der Waals surface area contributed by atoms with E-state index in [0.29, 0.717) is 5.41 Å². The van der Waals surface area contributed by atoms with Gasteiger partial charge in [0.2, 0.25) is 0 Å². The van der Waals surface area contributed by atoms with E-state index in [1.807, 2.05) is 0 Å². The highest BCUT2D eigenvalue weighted by Crippen LogP contribution is 2.23. The molecule has 1 aromatic heterocycles. The van der Waals surface area contributed by atoms with Crippen molar-refractivity contribution in [2.24, 2.45) is 12.5 Å². The Morgan fingerprint density at radius 1 is 1.50 bits per heavy atom. The molecule has 0 spiro atoms. The standard InChI is InChI=1S/C9H17N3OS/c1-9(2,3)5-6-14-8-11-10-7(13)12(8)4/h5-6H2,1-4H3,(H,10,13). The Labute approximate surface area is 88.1 Å². The van der Waals surface area contributed by atoms with E-state index >= 15 is 0 Å². The number of aromatic amines is 1. The maximum Gasteiger partial charge on any atom is 0.343 e. The third kappa shape index (κ3) is 3.21. The second-order valence-electron chi connectivity index (χ2n) is 4.53. The van der Waals surface area contributed by atoms with Crippen LogP contribution in [-0.2, 0) is 7.05 Å². The predicted octanol–water partition coefficient (Wildman–Crippen LogP) is 1.64. The second kappa shape index (κ2) is 4.21. The number of nitrogens with one attached hydrogen (secondary N) is 1. The van der Waals surface area contributed by atoms with Gasteiger partial charge >= 0.3 is 5.69 Å². The van der Waals surface area contributed by atoms with Crippen LogP contribution in [0.2, 0.25) is 0 Å². The molecule has 80 valence electrons. The first kappa shape index (κ1) is 11.4. The highest BCUT2D eigenvalue weighted by Gasteiger charge is 2.11. The molecule has 1 rings (SSSR count). The number of nitrogens with zero attached hydrogens (tertiary/aromatic N) is 2. The third-order valence-corrected chi connectivity index (χ3v) is 2.95. The first-order valence-corrected chi connectivity index (χ1v) is 5.63. The first-order chi connectivity index (χ1) is 6.40. The van der Waals surface area contributed by atoms with Crippen LogP contribution in [0.4, 0.5) is 0 Å². The third-order valence-electron chi connectivity index (χ3n) is 1.92. The highest BCUT2D eigenvalue weighted by atomic mass is 32.2. The van der Waals surface area contributed by atoms with Crippen LogP contribution in [0.3, 0.4) is 0 Å². The van der Waals surface area contributed by atoms with Gasteiger partial charge in [-0.25, -0.2) is 9.89 Å². The summed E-state index contributed by atoms with van der Waals surface area (Å²) in [4.78, 5) is 11.0. The van der Waals surface area contributed by atoms with Gasteiger partial charge in [-0.3, -0.25) is 4.57 Å². The summed E-state index contributed by atoms with van der Waals surface area (Å²) in [5.74, 6) is 0.988. The van der Waals surface area contributed by atoms with Crippen molar-refractivity contribution in [3.63, 3.8) is 0 Å². The summed E-state index contributed by atoms with van der Waals surface area (Å²) in [5, 5.41) is 7.11. The van der Waals surface area contributed by atoms with Crippen molar-refractivity contribution in [1.29, 1.82) is 0 Å². The van der Waals surface area contributed by atoms with E-state index in [9.17, 15) is 4.79 Å². The minimum atomic E-state index is -0.150. The van der Waals surface area contributed by atoms with Crippen LogP contribution in [0.15, 0.2) is 9.95 Å². The fourth-order valence-electron chi connectivity index (χ4n) is 0.910. The van der Waals surface area contributed by atoms with Gasteiger partial charge in [-0.1, -0.05) is 32.5 Å². The van der Waals surface area contributed by atoms with Crippen molar-refractivity contribution < 1.29 is 0 Å². The van der Waals surface area contributed by atoms with Gasteiger partial charge in [0.05, 0.1) is 0 Å². The zero-order valence-corrected chi connectivity index (χ0v) is 9.94. The van der Waals surface area contributed by atoms with E-state index < -0.39 is 0 Å². The fourth-order valence-corrected chi connectivity index (χ4v) is 2.19. The van der Waals surface area contributed by atoms with Gasteiger partial charge in [-0.05, 0) is 11.8 Å². The minimum absolute atomic E-state index is 0.150. The van der Waals surface area contributed by atoms with Gasteiger partial charge in [0, 0.05) is 12.8 Å². The van der Waals surface area contributed by atoms with E-state index in [4.69, 9.17) is 0 Å². The lowest BCUT2D eigenvalue weighted by Gasteiger charge is -2.16. The van der Waals surface area contributed by atoms with Crippen LogP contribution in [-0.4, -0.2) is 20.5 Å². The number of hydrogen-bond donors (Lipinski definition) is 1. The molecule has 0 radical (unpaired) electrons. The molecular weight excluding hydrogens is 198 g/mol. The summed E-state index contributed by atoms with van der Waals surface area (Å²) in [6.45, 7) is 6.62. The molecular formula is C9H17N3OS. The van der Waals surface area contributed by atoms with Gasteiger partial charge in [-0.15, -0.1) is 5.10 Å². The minimum Gasteiger partial charge on any atom is -0.273 e. The van der Waals surface area contributed by atoms with Crippen molar-refractivity contribution in [1.82, 2.24) is 14.8 Å². The van der Waals surface area contributed by atoms with Crippen LogP contribution in [0.5, 0.6) is 0 Å². The van der Waals surface area contributed by atoms with Crippen LogP contribution >= 0.6 is 11.8 Å². The molecule has 1 aromatic rings. The summed E-state index contributed by atoms with van der Waals surface area (Å²) in [7, 11) is 1.73. The van der Waals surface area contributed by atoms with E-state index in [2.05, 4.69) is 31.0 Å². The zero-order valence-electron chi connectivity index (χ0n) is 9.13. The van der Waals surface area contributed by atoms with Gasteiger partial charge in [0.1, 0.15) is 0 Å². The Bertz CT molecular complexity index is 348. The molecule has 0 atom stereocenters. The maximum atomic E-state index is 11.0. The molecule has 1 N–H and O–H groups in total. The Morgan fingerprint density at radius 2 is 2.14 bits per heavy atom. The number of hydrogen-bond acceptors (Lipinski definition) is 3. The zero-order chi connectivity index (χ0) is 10.8. The molecule has 0 aliphatic heterocycles. The van der Waals surface area contributed by atoms with Crippen molar-refractivity contribution in [3.8, 4) is 0 Å². The lowest BCUT2D eigenvalue weighted by molar-refractivity contribution is 0.401. The Morgan fingerprint density at radius 3 is 2.57 bits per heavy atom. The van der Waals surface area contributed by atoms with Crippen molar-refractivity contribution in [2.45, 2.75) is 32.3 Å². The maximum absolute atomic E-state index is 11.0. The molecule has 14 heavy (non-hydrogen) atoms. The van der Waals surface area contributed by atoms with E-state index in [0.717, 1.165) is 17.3 Å². The first-order valence-electron chi connectivity index (χ1n) is 4.64. The molecule has 1 heterocycles. The van der Waals surface area contributed by atoms with Crippen LogP contribution in [0, 0.1) is 5.41 Å². The number of rotatable bonds is 3. The van der Waals surface area contributed by atoms with E-state index in [-0.39, 0.29) is 5.69 Å². The normalized spacial score (nSPS) is 12.0. The van der Waals surface area contributed by atoms with Crippen LogP contribution < -0.4 is 5.69 Å². The molecule has 0 saturated carbocycles. The number of thioether (sulfide) groups is 1. The van der Waals surface area contributed by atoms with E-state index in [1.54, 1.807) is 18.8 Å². The summed E-state index contributed by atoms with van der Waals surface area (Å²) in [6.07, 6.45) is 1.11. The summed E-state index contributed by atoms with van der Waals surface area (Å²) >= 11 is 1.62. The van der Waals surface area contributed by atoms with Gasteiger partial charge in [0.15, 0.2) is 5.16 Å². The monoisotopic (exact) mass is 215 g/mol. The number of H-pyrrole nitrogens is 1. The smallest absolute Gasteiger partial charge is 0.273 e. The van der Waals surface area contributed by atoms with E-state index in [1.165, 1.54) is 4.57 Å². The Kier molecular flexibility index (Phi) is 3.42. The molecule has 0 amide bonds. The molecule has 0 fully saturated rings. The lowest BCUT2D eigenvalue weighted by Crippen LogP contribution is -2.13. The second-order valence-corrected chi connectivity index (χ2v) is 5.59. The summed E-state index contributed by atoms with van der Waals surface area (Å²) < 4.78 is 1.54. The fraction of sp³-hybridized carbons (Fsp3) is 0.778. The molecule has 5 heteroatoms. The molecule has 0 aromatic carbocycles. The quantitative estimate of drug-likeness (QED) is 0.780. The Balaban J connectivity index is 2.47. The summed E-state index contributed by atoms with van der Waals surface area (Å²) in [6, 6.07) is 0. The van der Waals surface area contributed by atoms with Gasteiger partial charge in [0.25, 0.3) is 0 Å². The molecule has 4 nitrogen and oxygen atoms in total. The summed E-state index contributed by atoms with van der Waals surface area (Å²) in [5.41, 5.74) is 0.186. The van der Waals surface area contributed by atoms with Crippen molar-refractivity contribution >= 4 is 11.8 Å². The van der Waals surface area contributed by atoms with Gasteiger partial charge < -0.3 is 0 Å². The molecule has 0 bridgehead atoms. The van der Waals surface area contributed by atoms with Crippen LogP contribution in [0.25, 0.3) is 0 Å². The molecule has 0 saturated heterocycles. The lowest BCUT2D eigenvalue weighted by atomic mass is 9.94. The van der Waals surface area contributed by atoms with Crippen molar-refractivity contribution in [3.05, 3.63) is 10.5 Å². The van der Waals surface area contributed by atoms with Crippen molar-refractivity contribution in [2.75, 3.05) is 5.75 Å². The SMILES string of the molecule is Cn1c(SCCC(C)(C)C)n[nH]c1=O. The van der Waals surface area contributed by atoms with Crippen LogP contribution in [0.1, 0.15) is 27.2 Å². The average molecular weight is 215 g/mol. The molecule has 0 unspecified atom stereocenters. The largest absolute Gasteiger partial charge is 0.343 e. The average Bonchev–Trinajstić information content (AvgIpc) is 2.33.